The Morgan fingerprint density at radius 1 is 1.12 bits per heavy atom. The number of methoxy groups -OCH3 is 1. The van der Waals surface area contributed by atoms with Gasteiger partial charge in [-0.25, -0.2) is 4.98 Å². The molecule has 1 unspecified atom stereocenters. The van der Waals surface area contributed by atoms with Crippen LogP contribution in [0.25, 0.3) is 10.6 Å². The number of likely N-dealkylation sites (tertiary alicyclic amines) is 1. The van der Waals surface area contributed by atoms with Gasteiger partial charge in [-0.2, -0.15) is 0 Å². The van der Waals surface area contributed by atoms with Crippen LogP contribution in [-0.4, -0.2) is 41.9 Å². The van der Waals surface area contributed by atoms with Gasteiger partial charge in [-0.3, -0.25) is 9.59 Å². The van der Waals surface area contributed by atoms with Crippen molar-refractivity contribution in [1.82, 2.24) is 15.2 Å². The van der Waals surface area contributed by atoms with Crippen molar-refractivity contribution >= 4 is 23.2 Å². The lowest BCUT2D eigenvalue weighted by atomic mass is 9.84. The van der Waals surface area contributed by atoms with Gasteiger partial charge in [0.1, 0.15) is 15.6 Å². The molecule has 0 radical (unpaired) electrons. The van der Waals surface area contributed by atoms with Crippen LogP contribution in [-0.2, 0) is 11.3 Å². The summed E-state index contributed by atoms with van der Waals surface area (Å²) in [5, 5.41) is 3.92. The lowest BCUT2D eigenvalue weighted by Crippen LogP contribution is -2.42. The van der Waals surface area contributed by atoms with E-state index in [2.05, 4.69) is 10.3 Å². The molecule has 1 fully saturated rings. The Kier molecular flexibility index (Phi) is 7.63. The number of nitrogens with zero attached hydrogens (tertiary/aromatic N) is 2. The van der Waals surface area contributed by atoms with Crippen LogP contribution < -0.4 is 10.1 Å². The van der Waals surface area contributed by atoms with E-state index in [9.17, 15) is 9.59 Å². The van der Waals surface area contributed by atoms with Gasteiger partial charge in [0.15, 0.2) is 0 Å². The van der Waals surface area contributed by atoms with Gasteiger partial charge in [0.2, 0.25) is 5.91 Å². The highest BCUT2D eigenvalue weighted by atomic mass is 32.1. The minimum absolute atomic E-state index is 0.0430. The van der Waals surface area contributed by atoms with E-state index in [-0.39, 0.29) is 23.7 Å². The van der Waals surface area contributed by atoms with Crippen molar-refractivity contribution in [2.24, 2.45) is 11.8 Å². The molecule has 1 aliphatic rings. The molecule has 1 atom stereocenters. The molecule has 0 spiro atoms. The second kappa shape index (κ2) is 10.8. The summed E-state index contributed by atoms with van der Waals surface area (Å²) in [6, 6.07) is 17.7. The van der Waals surface area contributed by atoms with Gasteiger partial charge in [0.05, 0.1) is 12.8 Å². The summed E-state index contributed by atoms with van der Waals surface area (Å²) in [4.78, 5) is 33.2. The molecule has 1 aliphatic heterocycles. The lowest BCUT2D eigenvalue weighted by molar-refractivity contribution is -0.126. The molecule has 178 valence electrons. The summed E-state index contributed by atoms with van der Waals surface area (Å²) >= 11 is 1.46. The van der Waals surface area contributed by atoms with Crippen molar-refractivity contribution in [3.63, 3.8) is 0 Å². The fourth-order valence-electron chi connectivity index (χ4n) is 4.45. The zero-order chi connectivity index (χ0) is 24.1. The quantitative estimate of drug-likeness (QED) is 0.524. The number of rotatable bonds is 7. The van der Waals surface area contributed by atoms with Crippen LogP contribution in [0.1, 0.15) is 40.7 Å². The number of carbonyl (C=O) groups is 2. The van der Waals surface area contributed by atoms with Gasteiger partial charge < -0.3 is 15.0 Å². The normalized spacial score (nSPS) is 15.1. The molecule has 6 nitrogen and oxygen atoms in total. The van der Waals surface area contributed by atoms with Gasteiger partial charge in [-0.15, -0.1) is 11.3 Å². The highest BCUT2D eigenvalue weighted by Gasteiger charge is 2.31. The Morgan fingerprint density at radius 3 is 2.50 bits per heavy atom. The van der Waals surface area contributed by atoms with Gasteiger partial charge in [0.25, 0.3) is 5.91 Å². The van der Waals surface area contributed by atoms with E-state index in [4.69, 9.17) is 4.74 Å². The van der Waals surface area contributed by atoms with Crippen molar-refractivity contribution in [1.29, 1.82) is 0 Å². The Hall–Kier alpha value is -3.19. The second-order valence-corrected chi connectivity index (χ2v) is 9.75. The first-order valence-electron chi connectivity index (χ1n) is 11.7. The molecule has 0 aliphatic carbocycles. The molecule has 3 aromatic rings. The molecule has 2 heterocycles. The molecule has 4 rings (SSSR count). The van der Waals surface area contributed by atoms with Crippen LogP contribution in [0, 0.1) is 18.8 Å². The number of amides is 2. The summed E-state index contributed by atoms with van der Waals surface area (Å²) in [5.41, 5.74) is 2.77. The van der Waals surface area contributed by atoms with Crippen LogP contribution in [0.3, 0.4) is 0 Å². The van der Waals surface area contributed by atoms with E-state index < -0.39 is 0 Å². The van der Waals surface area contributed by atoms with Crippen molar-refractivity contribution < 1.29 is 14.3 Å². The Morgan fingerprint density at radius 2 is 1.79 bits per heavy atom. The fourth-order valence-corrected chi connectivity index (χ4v) is 5.49. The summed E-state index contributed by atoms with van der Waals surface area (Å²) < 4.78 is 5.37. The molecule has 1 saturated heterocycles. The third-order valence-electron chi connectivity index (χ3n) is 6.60. The summed E-state index contributed by atoms with van der Waals surface area (Å²) in [6.45, 7) is 5.65. The van der Waals surface area contributed by atoms with Crippen molar-refractivity contribution in [2.75, 3.05) is 20.2 Å². The predicted octanol–water partition coefficient (Wildman–Crippen LogP) is 4.93. The second-order valence-electron chi connectivity index (χ2n) is 8.75. The third-order valence-corrected chi connectivity index (χ3v) is 7.80. The highest BCUT2D eigenvalue weighted by molar-refractivity contribution is 7.17. The monoisotopic (exact) mass is 477 g/mol. The van der Waals surface area contributed by atoms with Gasteiger partial charge in [-0.1, -0.05) is 55.5 Å². The number of hydrogen-bond donors (Lipinski definition) is 1. The molecule has 7 heteroatoms. The number of benzene rings is 2. The van der Waals surface area contributed by atoms with E-state index in [0.29, 0.717) is 24.5 Å². The largest absolute Gasteiger partial charge is 0.496 e. The molecule has 0 saturated carbocycles. The number of nitrogens with one attached hydrogen (secondary N) is 1. The van der Waals surface area contributed by atoms with E-state index in [1.807, 2.05) is 73.3 Å². The molecule has 2 aromatic carbocycles. The molecule has 34 heavy (non-hydrogen) atoms. The number of carbonyl (C=O) groups excluding carboxylic acids is 2. The number of aromatic nitrogens is 1. The van der Waals surface area contributed by atoms with E-state index in [1.54, 1.807) is 7.11 Å². The molecule has 2 amide bonds. The average molecular weight is 478 g/mol. The topological polar surface area (TPSA) is 71.5 Å². The smallest absolute Gasteiger partial charge is 0.265 e. The van der Waals surface area contributed by atoms with E-state index >= 15 is 0 Å². The number of aryl methyl sites for hydroxylation is 1. The van der Waals surface area contributed by atoms with Crippen molar-refractivity contribution in [3.05, 3.63) is 70.7 Å². The Labute approximate surface area is 205 Å². The Bertz CT molecular complexity index is 1140. The van der Waals surface area contributed by atoms with E-state index in [1.165, 1.54) is 11.3 Å². The van der Waals surface area contributed by atoms with Crippen molar-refractivity contribution in [2.45, 2.75) is 33.2 Å². The maximum Gasteiger partial charge on any atom is 0.265 e. The zero-order valence-electron chi connectivity index (χ0n) is 19.9. The van der Waals surface area contributed by atoms with Gasteiger partial charge in [-0.05, 0) is 31.7 Å². The summed E-state index contributed by atoms with van der Waals surface area (Å²) in [7, 11) is 1.63. The number of hydrogen-bond acceptors (Lipinski definition) is 5. The SMILES string of the molecule is COc1ccccc1CNC(=O)C(C)C1CCN(C(=O)c2sc(-c3ccccc3)nc2C)CC1. The first kappa shape index (κ1) is 24.0. The average Bonchev–Trinajstić information content (AvgIpc) is 3.28. The first-order chi connectivity index (χ1) is 16.5. The zero-order valence-corrected chi connectivity index (χ0v) is 20.7. The van der Waals surface area contributed by atoms with Crippen LogP contribution in [0.4, 0.5) is 0 Å². The number of thiazole rings is 1. The van der Waals surface area contributed by atoms with Crippen LogP contribution in [0.15, 0.2) is 54.6 Å². The molecular formula is C27H31N3O3S. The van der Waals surface area contributed by atoms with Crippen LogP contribution in [0.5, 0.6) is 5.75 Å². The van der Waals surface area contributed by atoms with Crippen LogP contribution >= 0.6 is 11.3 Å². The predicted molar refractivity (Wildman–Crippen MR) is 135 cm³/mol. The van der Waals surface area contributed by atoms with Gasteiger partial charge >= 0.3 is 0 Å². The molecule has 1 N–H and O–H groups in total. The number of piperidine rings is 1. The maximum atomic E-state index is 13.2. The molecular weight excluding hydrogens is 446 g/mol. The number of para-hydroxylation sites is 1. The minimum atomic E-state index is -0.109. The standard InChI is InChI=1S/C27H31N3O3S/c1-18(25(31)28-17-22-11-7-8-12-23(22)33-3)20-13-15-30(16-14-20)27(32)24-19(2)29-26(34-24)21-9-5-4-6-10-21/h4-12,18,20H,13-17H2,1-3H3,(H,28,31). The third kappa shape index (κ3) is 5.30. The minimum Gasteiger partial charge on any atom is -0.496 e. The van der Waals surface area contributed by atoms with Crippen LogP contribution in [0.2, 0.25) is 0 Å². The molecule has 1 aromatic heterocycles. The van der Waals surface area contributed by atoms with Gasteiger partial charge in [0, 0.05) is 36.7 Å². The Balaban J connectivity index is 1.32. The fraction of sp³-hybridized carbons (Fsp3) is 0.370. The summed E-state index contributed by atoms with van der Waals surface area (Å²) in [6.07, 6.45) is 1.64. The lowest BCUT2D eigenvalue weighted by Gasteiger charge is -2.34. The molecule has 0 bridgehead atoms. The highest BCUT2D eigenvalue weighted by Crippen LogP contribution is 2.31. The number of ether oxygens (including phenoxy) is 1. The van der Waals surface area contributed by atoms with Crippen molar-refractivity contribution in [3.8, 4) is 16.3 Å². The summed E-state index contributed by atoms with van der Waals surface area (Å²) in [5.74, 6) is 1.01. The van der Waals surface area contributed by atoms with E-state index in [0.717, 1.165) is 40.4 Å². The maximum absolute atomic E-state index is 13.2. The first-order valence-corrected chi connectivity index (χ1v) is 12.5.